The Kier molecular flexibility index (Phi) is 9.14. The highest BCUT2D eigenvalue weighted by Gasteiger charge is 2.45. The predicted molar refractivity (Wildman–Crippen MR) is 156 cm³/mol. The van der Waals surface area contributed by atoms with Gasteiger partial charge in [-0.05, 0) is 41.0 Å². The Morgan fingerprint density at radius 2 is 1.71 bits per heavy atom. The van der Waals surface area contributed by atoms with Crippen LogP contribution < -0.4 is 5.32 Å². The average molecular weight is 564 g/mol. The number of hydroxylamine groups is 3. The number of piperazine rings is 1. The average Bonchev–Trinajstić information content (AvgIpc) is 3.46. The molecule has 0 radical (unpaired) electrons. The minimum atomic E-state index is -1.18. The van der Waals surface area contributed by atoms with Crippen molar-refractivity contribution in [2.24, 2.45) is 0 Å². The topological polar surface area (TPSA) is 127 Å². The Balaban J connectivity index is 1.26. The maximum absolute atomic E-state index is 14.1. The monoisotopic (exact) mass is 563 g/mol. The number of nitriles is 1. The second kappa shape index (κ2) is 13.3. The van der Waals surface area contributed by atoms with Gasteiger partial charge in [0.2, 0.25) is 0 Å². The number of pyridine rings is 1. The molecule has 5 rings (SSSR count). The summed E-state index contributed by atoms with van der Waals surface area (Å²) >= 11 is 0. The fraction of sp³-hybridized carbons (Fsp3) is 0.281. The third-order valence-corrected chi connectivity index (χ3v) is 7.68. The largest absolute Gasteiger partial charge is 0.625 e. The lowest BCUT2D eigenvalue weighted by Gasteiger charge is -2.50. The molecule has 10 heteroatoms. The fourth-order valence-corrected chi connectivity index (χ4v) is 5.29. The number of amides is 2. The van der Waals surface area contributed by atoms with Gasteiger partial charge < -0.3 is 15.1 Å². The van der Waals surface area contributed by atoms with Gasteiger partial charge >= 0.3 is 5.91 Å². The van der Waals surface area contributed by atoms with Gasteiger partial charge in [0.1, 0.15) is 0 Å². The summed E-state index contributed by atoms with van der Waals surface area (Å²) in [5.74, 6) is -0.954. The molecule has 2 amide bonds. The number of carbonyl (C=O) groups excluding carboxylic acids is 2. The van der Waals surface area contributed by atoms with Crippen LogP contribution in [0.25, 0.3) is 0 Å². The summed E-state index contributed by atoms with van der Waals surface area (Å²) in [5, 5.41) is 26.1. The molecule has 1 fully saturated rings. The van der Waals surface area contributed by atoms with E-state index in [1.165, 1.54) is 0 Å². The first kappa shape index (κ1) is 28.8. The lowest BCUT2D eigenvalue weighted by molar-refractivity contribution is -0.827. The van der Waals surface area contributed by atoms with E-state index < -0.39 is 22.5 Å². The molecule has 0 spiro atoms. The van der Waals surface area contributed by atoms with Gasteiger partial charge in [0.15, 0.2) is 6.04 Å². The van der Waals surface area contributed by atoms with Crippen LogP contribution in [0.5, 0.6) is 0 Å². The van der Waals surface area contributed by atoms with E-state index >= 15 is 0 Å². The molecule has 1 unspecified atom stereocenters. The maximum Gasteiger partial charge on any atom is 0.318 e. The zero-order chi connectivity index (χ0) is 29.4. The molecule has 2 aromatic heterocycles. The van der Waals surface area contributed by atoms with Crippen LogP contribution in [-0.2, 0) is 35.5 Å². The molecule has 1 N–H and O–H groups in total. The second-order valence-electron chi connectivity index (χ2n) is 10.5. The molecule has 2 atom stereocenters. The van der Waals surface area contributed by atoms with Crippen molar-refractivity contribution in [3.05, 3.63) is 125 Å². The number of rotatable bonds is 10. The standard InChI is InChI=1S/C32H33N7O3/c33-19-26-6-8-28(9-7-26)22-38-24-35-20-29(38)12-15-36-32(41)30-23-37(21-27-4-2-1-3-5-27)16-17-39(30,42)31(40)18-25-10-13-34-14-11-25/h1-11,13-14,20,24,30H,12,15-18,21-23H2,(H,36,41)/t30-,39?/m1/s1. The number of hydrogen-bond acceptors (Lipinski definition) is 7. The maximum atomic E-state index is 14.1. The number of benzene rings is 2. The van der Waals surface area contributed by atoms with Crippen molar-refractivity contribution in [1.82, 2.24) is 24.8 Å². The summed E-state index contributed by atoms with van der Waals surface area (Å²) in [5.41, 5.74) is 4.33. The lowest BCUT2D eigenvalue weighted by atomic mass is 10.1. The molecule has 0 aliphatic carbocycles. The number of aromatic nitrogens is 3. The molecule has 1 aliphatic heterocycles. The number of imidazole rings is 1. The van der Waals surface area contributed by atoms with E-state index in [2.05, 4.69) is 26.3 Å². The zero-order valence-corrected chi connectivity index (χ0v) is 23.3. The summed E-state index contributed by atoms with van der Waals surface area (Å²) in [6.45, 7) is 2.08. The second-order valence-corrected chi connectivity index (χ2v) is 10.5. The van der Waals surface area contributed by atoms with Crippen molar-refractivity contribution in [3.8, 4) is 6.07 Å². The number of nitrogens with one attached hydrogen (secondary N) is 1. The van der Waals surface area contributed by atoms with Gasteiger partial charge in [0.25, 0.3) is 5.91 Å². The van der Waals surface area contributed by atoms with Crippen LogP contribution in [0.15, 0.2) is 91.6 Å². The lowest BCUT2D eigenvalue weighted by Crippen LogP contribution is -2.69. The first-order chi connectivity index (χ1) is 20.4. The van der Waals surface area contributed by atoms with Gasteiger partial charge in [-0.2, -0.15) is 5.26 Å². The fourth-order valence-electron chi connectivity index (χ4n) is 5.29. The van der Waals surface area contributed by atoms with Crippen molar-refractivity contribution in [2.45, 2.75) is 32.0 Å². The van der Waals surface area contributed by atoms with Gasteiger partial charge in [0, 0.05) is 56.9 Å². The van der Waals surface area contributed by atoms with Crippen molar-refractivity contribution in [2.75, 3.05) is 26.2 Å². The number of hydrogen-bond donors (Lipinski definition) is 1. The van der Waals surface area contributed by atoms with Crippen LogP contribution >= 0.6 is 0 Å². The molecule has 4 aromatic rings. The van der Waals surface area contributed by atoms with Crippen molar-refractivity contribution >= 4 is 11.8 Å². The summed E-state index contributed by atoms with van der Waals surface area (Å²) in [6, 6.07) is 21.7. The van der Waals surface area contributed by atoms with E-state index in [0.29, 0.717) is 43.7 Å². The van der Waals surface area contributed by atoms with Gasteiger partial charge in [-0.3, -0.25) is 19.3 Å². The highest BCUT2D eigenvalue weighted by molar-refractivity contribution is 5.84. The van der Waals surface area contributed by atoms with Crippen LogP contribution in [-0.4, -0.2) is 68.1 Å². The molecule has 42 heavy (non-hydrogen) atoms. The molecule has 0 bridgehead atoms. The Labute approximate surface area is 245 Å². The van der Waals surface area contributed by atoms with Crippen LogP contribution in [0.4, 0.5) is 0 Å². The minimum absolute atomic E-state index is 0.00615. The van der Waals surface area contributed by atoms with Crippen LogP contribution in [0.1, 0.15) is 27.9 Å². The van der Waals surface area contributed by atoms with Crippen molar-refractivity contribution < 1.29 is 14.2 Å². The van der Waals surface area contributed by atoms with E-state index in [9.17, 15) is 14.8 Å². The van der Waals surface area contributed by atoms with E-state index in [0.717, 1.165) is 16.8 Å². The molecule has 10 nitrogen and oxygen atoms in total. The quantitative estimate of drug-likeness (QED) is 0.232. The van der Waals surface area contributed by atoms with Crippen LogP contribution in [0.3, 0.4) is 0 Å². The zero-order valence-electron chi connectivity index (χ0n) is 23.3. The van der Waals surface area contributed by atoms with E-state index in [4.69, 9.17) is 5.26 Å². The van der Waals surface area contributed by atoms with Gasteiger partial charge in [-0.15, -0.1) is 0 Å². The van der Waals surface area contributed by atoms with E-state index in [-0.39, 0.29) is 19.5 Å². The molecule has 2 aromatic carbocycles. The summed E-state index contributed by atoms with van der Waals surface area (Å²) in [7, 11) is 0. The van der Waals surface area contributed by atoms with E-state index in [1.54, 1.807) is 49.2 Å². The minimum Gasteiger partial charge on any atom is -0.625 e. The number of nitrogens with zero attached hydrogens (tertiary/aromatic N) is 6. The summed E-state index contributed by atoms with van der Waals surface area (Å²) in [6.07, 6.45) is 7.12. The molecule has 214 valence electrons. The normalized spacial score (nSPS) is 18.7. The summed E-state index contributed by atoms with van der Waals surface area (Å²) in [4.78, 5) is 37.3. The van der Waals surface area contributed by atoms with Gasteiger partial charge in [-0.1, -0.05) is 42.5 Å². The van der Waals surface area contributed by atoms with Crippen molar-refractivity contribution in [1.29, 1.82) is 5.26 Å². The highest BCUT2D eigenvalue weighted by atomic mass is 16.6. The predicted octanol–water partition coefficient (Wildman–Crippen LogP) is 2.83. The third-order valence-electron chi connectivity index (χ3n) is 7.68. The first-order valence-electron chi connectivity index (χ1n) is 14.0. The first-order valence-corrected chi connectivity index (χ1v) is 14.0. The van der Waals surface area contributed by atoms with E-state index in [1.807, 2.05) is 47.0 Å². The SMILES string of the molecule is N#Cc1ccc(Cn2cncc2CCNC(=O)[C@H]2CN(Cc3ccccc3)CC[N+]2([O-])C(=O)Cc2ccncc2)cc1. The highest BCUT2D eigenvalue weighted by Crippen LogP contribution is 2.23. The Hall–Kier alpha value is -4.69. The number of carbonyl (C=O) groups is 2. The Morgan fingerprint density at radius 3 is 2.45 bits per heavy atom. The van der Waals surface area contributed by atoms with Crippen LogP contribution in [0, 0.1) is 16.5 Å². The molecule has 1 saturated heterocycles. The van der Waals surface area contributed by atoms with Crippen LogP contribution in [0.2, 0.25) is 0 Å². The molecule has 1 aliphatic rings. The smallest absolute Gasteiger partial charge is 0.318 e. The molecular weight excluding hydrogens is 530 g/mol. The van der Waals surface area contributed by atoms with Gasteiger partial charge in [-0.25, -0.2) is 9.78 Å². The molecule has 3 heterocycles. The Bertz CT molecular complexity index is 1530. The summed E-state index contributed by atoms with van der Waals surface area (Å²) < 4.78 is 0.804. The van der Waals surface area contributed by atoms with Gasteiger partial charge in [0.05, 0.1) is 37.5 Å². The molecular formula is C32H33N7O3. The molecule has 0 saturated carbocycles. The van der Waals surface area contributed by atoms with Crippen molar-refractivity contribution in [3.63, 3.8) is 0 Å². The third kappa shape index (κ3) is 6.95. The Morgan fingerprint density at radius 1 is 0.976 bits per heavy atom. The number of quaternary nitrogens is 1.